The molecule has 0 aliphatic rings. The SMILES string of the molecule is COc1cc(CCC(=O)NCC(c2ccccc2OC)N(C)C)ccc1OCC(F)(F)F. The van der Waals surface area contributed by atoms with Gasteiger partial charge in [0.1, 0.15) is 5.75 Å². The number of likely N-dealkylation sites (N-methyl/N-ethyl adjacent to an activating group) is 1. The van der Waals surface area contributed by atoms with E-state index in [1.165, 1.54) is 13.2 Å². The van der Waals surface area contributed by atoms with Crippen LogP contribution in [0.4, 0.5) is 13.2 Å². The first-order valence-electron chi connectivity index (χ1n) is 10.1. The molecule has 2 aromatic rings. The Hall–Kier alpha value is -2.94. The summed E-state index contributed by atoms with van der Waals surface area (Å²) in [4.78, 5) is 14.4. The lowest BCUT2D eigenvalue weighted by Gasteiger charge is -2.26. The number of nitrogens with zero attached hydrogens (tertiary/aromatic N) is 1. The van der Waals surface area contributed by atoms with Crippen molar-refractivity contribution >= 4 is 5.91 Å². The second-order valence-corrected chi connectivity index (χ2v) is 7.41. The van der Waals surface area contributed by atoms with Gasteiger partial charge in [0.15, 0.2) is 18.1 Å². The molecule has 32 heavy (non-hydrogen) atoms. The maximum Gasteiger partial charge on any atom is 0.422 e. The molecule has 0 saturated carbocycles. The third-order valence-electron chi connectivity index (χ3n) is 4.87. The molecule has 0 bridgehead atoms. The Morgan fingerprint density at radius 1 is 1.03 bits per heavy atom. The maximum atomic E-state index is 12.4. The van der Waals surface area contributed by atoms with Crippen LogP contribution >= 0.6 is 0 Å². The molecular weight excluding hydrogens is 425 g/mol. The predicted octanol–water partition coefficient (Wildman–Crippen LogP) is 4.00. The Balaban J connectivity index is 1.94. The van der Waals surface area contributed by atoms with Crippen LogP contribution < -0.4 is 19.5 Å². The van der Waals surface area contributed by atoms with E-state index in [0.29, 0.717) is 13.0 Å². The number of hydrogen-bond donors (Lipinski definition) is 1. The van der Waals surface area contributed by atoms with Crippen molar-refractivity contribution < 1.29 is 32.2 Å². The Bertz CT molecular complexity index is 888. The summed E-state index contributed by atoms with van der Waals surface area (Å²) in [5.41, 5.74) is 1.73. The number of halogens is 3. The average molecular weight is 454 g/mol. The van der Waals surface area contributed by atoms with Gasteiger partial charge >= 0.3 is 6.18 Å². The number of methoxy groups -OCH3 is 2. The van der Waals surface area contributed by atoms with Gasteiger partial charge in [-0.2, -0.15) is 13.2 Å². The molecule has 2 rings (SSSR count). The third kappa shape index (κ3) is 7.64. The number of ether oxygens (including phenoxy) is 3. The zero-order valence-corrected chi connectivity index (χ0v) is 18.7. The fraction of sp³-hybridized carbons (Fsp3) is 0.435. The molecule has 1 unspecified atom stereocenters. The lowest BCUT2D eigenvalue weighted by molar-refractivity contribution is -0.153. The number of benzene rings is 2. The van der Waals surface area contributed by atoms with Gasteiger partial charge in [-0.1, -0.05) is 24.3 Å². The smallest absolute Gasteiger partial charge is 0.422 e. The number of carbonyl (C=O) groups excluding carboxylic acids is 1. The van der Waals surface area contributed by atoms with Gasteiger partial charge in [0.25, 0.3) is 0 Å². The Morgan fingerprint density at radius 2 is 1.72 bits per heavy atom. The van der Waals surface area contributed by atoms with Crippen LogP contribution in [0.15, 0.2) is 42.5 Å². The van der Waals surface area contributed by atoms with E-state index in [2.05, 4.69) is 5.32 Å². The molecule has 176 valence electrons. The summed E-state index contributed by atoms with van der Waals surface area (Å²) >= 11 is 0. The normalized spacial score (nSPS) is 12.4. The van der Waals surface area contributed by atoms with Crippen molar-refractivity contribution in [3.8, 4) is 17.2 Å². The number of nitrogens with one attached hydrogen (secondary N) is 1. The van der Waals surface area contributed by atoms with E-state index in [0.717, 1.165) is 16.9 Å². The largest absolute Gasteiger partial charge is 0.496 e. The molecular formula is C23H29F3N2O4. The summed E-state index contributed by atoms with van der Waals surface area (Å²) in [6.45, 7) is -0.996. The molecule has 9 heteroatoms. The molecule has 2 aromatic carbocycles. The molecule has 6 nitrogen and oxygen atoms in total. The van der Waals surface area contributed by atoms with Gasteiger partial charge in [-0.25, -0.2) is 0 Å². The highest BCUT2D eigenvalue weighted by Gasteiger charge is 2.29. The zero-order valence-electron chi connectivity index (χ0n) is 18.7. The van der Waals surface area contributed by atoms with Crippen molar-refractivity contribution in [2.24, 2.45) is 0 Å². The van der Waals surface area contributed by atoms with Crippen molar-refractivity contribution in [1.82, 2.24) is 10.2 Å². The first kappa shape index (κ1) is 25.3. The van der Waals surface area contributed by atoms with Crippen molar-refractivity contribution in [3.63, 3.8) is 0 Å². The summed E-state index contributed by atoms with van der Waals surface area (Å²) in [5, 5.41) is 2.94. The van der Waals surface area contributed by atoms with Gasteiger partial charge in [0.05, 0.1) is 20.3 Å². The van der Waals surface area contributed by atoms with Crippen LogP contribution in [-0.2, 0) is 11.2 Å². The van der Waals surface area contributed by atoms with Gasteiger partial charge in [-0.05, 0) is 44.3 Å². The van der Waals surface area contributed by atoms with Crippen LogP contribution in [0.1, 0.15) is 23.6 Å². The summed E-state index contributed by atoms with van der Waals surface area (Å²) in [7, 11) is 6.82. The first-order chi connectivity index (χ1) is 15.1. The lowest BCUT2D eigenvalue weighted by atomic mass is 10.0. The Kier molecular flexibility index (Phi) is 9.19. The fourth-order valence-corrected chi connectivity index (χ4v) is 3.22. The van der Waals surface area contributed by atoms with Gasteiger partial charge in [0.2, 0.25) is 5.91 Å². The molecule has 0 aliphatic heterocycles. The summed E-state index contributed by atoms with van der Waals surface area (Å²) in [6, 6.07) is 12.2. The van der Waals surface area contributed by atoms with Crippen LogP contribution in [-0.4, -0.2) is 58.4 Å². The van der Waals surface area contributed by atoms with Crippen molar-refractivity contribution in [1.29, 1.82) is 0 Å². The molecule has 0 radical (unpaired) electrons. The van der Waals surface area contributed by atoms with Crippen LogP contribution in [0, 0.1) is 0 Å². The predicted molar refractivity (Wildman–Crippen MR) is 115 cm³/mol. The second kappa shape index (κ2) is 11.6. The van der Waals surface area contributed by atoms with Gasteiger partial charge < -0.3 is 24.4 Å². The number of amides is 1. The molecule has 1 atom stereocenters. The number of aryl methyl sites for hydroxylation is 1. The number of rotatable bonds is 11. The van der Waals surface area contributed by atoms with E-state index in [1.807, 2.05) is 43.3 Å². The molecule has 0 aliphatic carbocycles. The third-order valence-corrected chi connectivity index (χ3v) is 4.87. The van der Waals surface area contributed by atoms with Gasteiger partial charge in [-0.15, -0.1) is 0 Å². The topological polar surface area (TPSA) is 60.0 Å². The quantitative estimate of drug-likeness (QED) is 0.556. The highest BCUT2D eigenvalue weighted by atomic mass is 19.4. The molecule has 0 aromatic heterocycles. The molecule has 0 fully saturated rings. The molecule has 1 N–H and O–H groups in total. The number of carbonyl (C=O) groups is 1. The second-order valence-electron chi connectivity index (χ2n) is 7.41. The summed E-state index contributed by atoms with van der Waals surface area (Å²) < 4.78 is 52.5. The van der Waals surface area contributed by atoms with E-state index in [-0.39, 0.29) is 29.9 Å². The summed E-state index contributed by atoms with van der Waals surface area (Å²) in [5.74, 6) is 0.808. The van der Waals surface area contributed by atoms with Crippen LogP contribution in [0.25, 0.3) is 0 Å². The molecule has 0 heterocycles. The van der Waals surface area contributed by atoms with Crippen molar-refractivity contribution in [2.75, 3.05) is 41.5 Å². The molecule has 0 saturated heterocycles. The number of para-hydroxylation sites is 1. The average Bonchev–Trinajstić information content (AvgIpc) is 2.76. The first-order valence-corrected chi connectivity index (χ1v) is 10.1. The Labute approximate surface area is 186 Å². The van der Waals surface area contributed by atoms with Crippen LogP contribution in [0.2, 0.25) is 0 Å². The van der Waals surface area contributed by atoms with Crippen molar-refractivity contribution in [2.45, 2.75) is 25.1 Å². The van der Waals surface area contributed by atoms with E-state index in [1.54, 1.807) is 19.2 Å². The summed E-state index contributed by atoms with van der Waals surface area (Å²) in [6.07, 6.45) is -3.81. The zero-order chi connectivity index (χ0) is 23.7. The van der Waals surface area contributed by atoms with Crippen LogP contribution in [0.3, 0.4) is 0 Å². The maximum absolute atomic E-state index is 12.4. The Morgan fingerprint density at radius 3 is 2.34 bits per heavy atom. The van der Waals surface area contributed by atoms with Gasteiger partial charge in [-0.3, -0.25) is 4.79 Å². The minimum absolute atomic E-state index is 0.00339. The molecule has 1 amide bonds. The molecule has 0 spiro atoms. The van der Waals surface area contributed by atoms with Crippen LogP contribution in [0.5, 0.6) is 17.2 Å². The highest BCUT2D eigenvalue weighted by Crippen LogP contribution is 2.30. The number of alkyl halides is 3. The highest BCUT2D eigenvalue weighted by molar-refractivity contribution is 5.76. The van der Waals surface area contributed by atoms with E-state index in [9.17, 15) is 18.0 Å². The fourth-order valence-electron chi connectivity index (χ4n) is 3.22. The number of hydrogen-bond acceptors (Lipinski definition) is 5. The standard InChI is InChI=1S/C23H29F3N2O4/c1-28(2)18(17-7-5-6-8-19(17)30-3)14-27-22(29)12-10-16-9-11-20(21(13-16)31-4)32-15-23(24,25)26/h5-9,11,13,18H,10,12,14-15H2,1-4H3,(H,27,29). The minimum atomic E-state index is -4.43. The van der Waals surface area contributed by atoms with Gasteiger partial charge in [0, 0.05) is 18.5 Å². The monoisotopic (exact) mass is 454 g/mol. The lowest BCUT2D eigenvalue weighted by Crippen LogP contribution is -2.34. The van der Waals surface area contributed by atoms with E-state index >= 15 is 0 Å². The van der Waals surface area contributed by atoms with Crippen molar-refractivity contribution in [3.05, 3.63) is 53.6 Å². The van der Waals surface area contributed by atoms with E-state index < -0.39 is 12.8 Å². The minimum Gasteiger partial charge on any atom is -0.496 e. The van der Waals surface area contributed by atoms with E-state index in [4.69, 9.17) is 14.2 Å².